The minimum atomic E-state index is -1.43. The maximum absolute atomic E-state index is 13.8. The Labute approximate surface area is 144 Å². The maximum Gasteiger partial charge on any atom is 0.331 e. The minimum Gasteiger partial charge on any atom is -0.479 e. The van der Waals surface area contributed by atoms with E-state index in [1.54, 1.807) is 6.07 Å². The third kappa shape index (κ3) is 4.04. The fraction of sp³-hybridized carbons (Fsp3) is 0.389. The van der Waals surface area contributed by atoms with Crippen molar-refractivity contribution in [2.45, 2.75) is 44.2 Å². The van der Waals surface area contributed by atoms with Gasteiger partial charge in [-0.1, -0.05) is 31.0 Å². The molecule has 1 heterocycles. The monoisotopic (exact) mass is 345 g/mol. The molecule has 1 saturated carbocycles. The predicted octanol–water partition coefficient (Wildman–Crippen LogP) is 2.62. The van der Waals surface area contributed by atoms with Gasteiger partial charge in [0, 0.05) is 11.8 Å². The second kappa shape index (κ2) is 7.46. The van der Waals surface area contributed by atoms with Gasteiger partial charge in [-0.2, -0.15) is 5.10 Å². The number of carbonyl (C=O) groups is 2. The predicted molar refractivity (Wildman–Crippen MR) is 88.4 cm³/mol. The average Bonchev–Trinajstić information content (AvgIpc) is 3.24. The maximum atomic E-state index is 13.8. The van der Waals surface area contributed by atoms with E-state index in [0.717, 1.165) is 12.8 Å². The van der Waals surface area contributed by atoms with Gasteiger partial charge in [-0.25, -0.2) is 9.18 Å². The van der Waals surface area contributed by atoms with E-state index in [2.05, 4.69) is 10.4 Å². The molecule has 0 bridgehead atoms. The van der Waals surface area contributed by atoms with E-state index in [-0.39, 0.29) is 12.0 Å². The standard InChI is InChI=1S/C18H20FN3O3/c19-15-8-4-3-7-14(15)17(18(24)25)20-16(23)11-12-9-10-22(21-12)13-5-1-2-6-13/h3-4,7-10,13,17H,1-2,5-6,11H2,(H,20,23)(H,24,25). The zero-order valence-corrected chi connectivity index (χ0v) is 13.7. The Kier molecular flexibility index (Phi) is 5.11. The summed E-state index contributed by atoms with van der Waals surface area (Å²) >= 11 is 0. The average molecular weight is 345 g/mol. The number of nitrogens with zero attached hydrogens (tertiary/aromatic N) is 2. The van der Waals surface area contributed by atoms with Gasteiger partial charge in [-0.05, 0) is 25.0 Å². The molecule has 1 atom stereocenters. The van der Waals surface area contributed by atoms with E-state index in [9.17, 15) is 19.1 Å². The fourth-order valence-corrected chi connectivity index (χ4v) is 3.20. The van der Waals surface area contributed by atoms with Crippen molar-refractivity contribution in [3.63, 3.8) is 0 Å². The van der Waals surface area contributed by atoms with Crippen molar-refractivity contribution in [2.75, 3.05) is 0 Å². The fourth-order valence-electron chi connectivity index (χ4n) is 3.20. The molecule has 1 aliphatic carbocycles. The first-order valence-electron chi connectivity index (χ1n) is 8.35. The highest BCUT2D eigenvalue weighted by Gasteiger charge is 2.25. The minimum absolute atomic E-state index is 0.0437. The van der Waals surface area contributed by atoms with E-state index < -0.39 is 23.7 Å². The molecule has 1 aliphatic rings. The van der Waals surface area contributed by atoms with Crippen molar-refractivity contribution in [3.8, 4) is 0 Å². The third-order valence-corrected chi connectivity index (χ3v) is 4.47. The molecule has 132 valence electrons. The molecule has 3 rings (SSSR count). The Morgan fingerprint density at radius 3 is 2.68 bits per heavy atom. The Hall–Kier alpha value is -2.70. The van der Waals surface area contributed by atoms with Crippen LogP contribution in [0.5, 0.6) is 0 Å². The summed E-state index contributed by atoms with van der Waals surface area (Å²) in [5.41, 5.74) is 0.502. The number of nitrogens with one attached hydrogen (secondary N) is 1. The molecule has 2 N–H and O–H groups in total. The van der Waals surface area contributed by atoms with Crippen LogP contribution in [0.4, 0.5) is 4.39 Å². The molecule has 1 unspecified atom stereocenters. The molecule has 0 saturated heterocycles. The normalized spacial score (nSPS) is 15.9. The Bertz CT molecular complexity index is 768. The van der Waals surface area contributed by atoms with Crippen molar-refractivity contribution in [1.29, 1.82) is 0 Å². The number of hydrogen-bond donors (Lipinski definition) is 2. The zero-order chi connectivity index (χ0) is 17.8. The van der Waals surface area contributed by atoms with Gasteiger partial charge in [0.05, 0.1) is 18.2 Å². The summed E-state index contributed by atoms with van der Waals surface area (Å²) in [5, 5.41) is 16.1. The largest absolute Gasteiger partial charge is 0.479 e. The number of benzene rings is 1. The molecule has 1 aromatic carbocycles. The van der Waals surface area contributed by atoms with Crippen LogP contribution in [0.15, 0.2) is 36.5 Å². The summed E-state index contributed by atoms with van der Waals surface area (Å²) in [4.78, 5) is 23.6. The highest BCUT2D eigenvalue weighted by molar-refractivity contribution is 5.85. The summed E-state index contributed by atoms with van der Waals surface area (Å²) in [6.45, 7) is 0. The molecule has 0 spiro atoms. The van der Waals surface area contributed by atoms with Gasteiger partial charge < -0.3 is 10.4 Å². The Balaban J connectivity index is 1.66. The second-order valence-electron chi connectivity index (χ2n) is 6.26. The molecule has 0 aliphatic heterocycles. The van der Waals surface area contributed by atoms with E-state index in [4.69, 9.17) is 0 Å². The number of carboxylic acids is 1. The van der Waals surface area contributed by atoms with Crippen LogP contribution in [0.3, 0.4) is 0 Å². The molecule has 1 fully saturated rings. The first-order chi connectivity index (χ1) is 12.0. The molecular formula is C18H20FN3O3. The lowest BCUT2D eigenvalue weighted by molar-refractivity contribution is -0.142. The summed E-state index contributed by atoms with van der Waals surface area (Å²) in [5.74, 6) is -2.48. The zero-order valence-electron chi connectivity index (χ0n) is 13.7. The van der Waals surface area contributed by atoms with Crippen LogP contribution in [0, 0.1) is 5.82 Å². The number of hydrogen-bond acceptors (Lipinski definition) is 3. The van der Waals surface area contributed by atoms with Gasteiger partial charge in [-0.15, -0.1) is 0 Å². The van der Waals surface area contributed by atoms with Gasteiger partial charge in [0.1, 0.15) is 5.82 Å². The van der Waals surface area contributed by atoms with Crippen molar-refractivity contribution in [2.24, 2.45) is 0 Å². The summed E-state index contributed by atoms with van der Waals surface area (Å²) in [7, 11) is 0. The lowest BCUT2D eigenvalue weighted by atomic mass is 10.1. The van der Waals surface area contributed by atoms with E-state index in [1.807, 2.05) is 10.9 Å². The lowest BCUT2D eigenvalue weighted by Crippen LogP contribution is -2.35. The first-order valence-corrected chi connectivity index (χ1v) is 8.35. The van der Waals surface area contributed by atoms with Crippen LogP contribution >= 0.6 is 0 Å². The van der Waals surface area contributed by atoms with Crippen molar-refractivity contribution in [3.05, 3.63) is 53.6 Å². The van der Waals surface area contributed by atoms with E-state index in [0.29, 0.717) is 11.7 Å². The summed E-state index contributed by atoms with van der Waals surface area (Å²) in [6, 6.07) is 6.23. The molecule has 1 amide bonds. The number of aromatic nitrogens is 2. The Morgan fingerprint density at radius 2 is 2.00 bits per heavy atom. The Morgan fingerprint density at radius 1 is 1.28 bits per heavy atom. The van der Waals surface area contributed by atoms with Crippen LogP contribution in [0.2, 0.25) is 0 Å². The van der Waals surface area contributed by atoms with Gasteiger partial charge in [-0.3, -0.25) is 9.48 Å². The number of amides is 1. The number of carboxylic acid groups (broad SMARTS) is 1. The number of carbonyl (C=O) groups excluding carboxylic acids is 1. The molecular weight excluding hydrogens is 325 g/mol. The van der Waals surface area contributed by atoms with Crippen molar-refractivity contribution < 1.29 is 19.1 Å². The molecule has 1 aromatic heterocycles. The summed E-state index contributed by atoms with van der Waals surface area (Å²) in [6.07, 6.45) is 6.35. The van der Waals surface area contributed by atoms with Crippen molar-refractivity contribution in [1.82, 2.24) is 15.1 Å². The van der Waals surface area contributed by atoms with Crippen molar-refractivity contribution >= 4 is 11.9 Å². The molecule has 0 radical (unpaired) electrons. The third-order valence-electron chi connectivity index (χ3n) is 4.47. The van der Waals surface area contributed by atoms with Gasteiger partial charge >= 0.3 is 5.97 Å². The quantitative estimate of drug-likeness (QED) is 0.843. The summed E-state index contributed by atoms with van der Waals surface area (Å²) < 4.78 is 15.7. The van der Waals surface area contributed by atoms with E-state index in [1.165, 1.54) is 37.1 Å². The highest BCUT2D eigenvalue weighted by atomic mass is 19.1. The van der Waals surface area contributed by atoms with Crippen LogP contribution < -0.4 is 5.32 Å². The van der Waals surface area contributed by atoms with Gasteiger partial charge in [0.15, 0.2) is 6.04 Å². The van der Waals surface area contributed by atoms with Crippen LogP contribution in [0.25, 0.3) is 0 Å². The molecule has 2 aromatic rings. The number of aliphatic carboxylic acids is 1. The smallest absolute Gasteiger partial charge is 0.331 e. The van der Waals surface area contributed by atoms with Crippen LogP contribution in [-0.4, -0.2) is 26.8 Å². The molecule has 25 heavy (non-hydrogen) atoms. The molecule has 7 heteroatoms. The lowest BCUT2D eigenvalue weighted by Gasteiger charge is -2.15. The molecule has 6 nitrogen and oxygen atoms in total. The van der Waals surface area contributed by atoms with Crippen LogP contribution in [-0.2, 0) is 16.0 Å². The van der Waals surface area contributed by atoms with Gasteiger partial charge in [0.25, 0.3) is 0 Å². The number of halogens is 1. The first kappa shape index (κ1) is 17.1. The number of rotatable bonds is 6. The topological polar surface area (TPSA) is 84.2 Å². The van der Waals surface area contributed by atoms with Gasteiger partial charge in [0.2, 0.25) is 5.91 Å². The van der Waals surface area contributed by atoms with Crippen LogP contribution in [0.1, 0.15) is 49.0 Å². The highest BCUT2D eigenvalue weighted by Crippen LogP contribution is 2.28. The van der Waals surface area contributed by atoms with E-state index >= 15 is 0 Å². The SMILES string of the molecule is O=C(Cc1ccn(C2CCCC2)n1)NC(C(=O)O)c1ccccc1F. The second-order valence-corrected chi connectivity index (χ2v) is 6.26.